The van der Waals surface area contributed by atoms with Crippen molar-refractivity contribution in [3.8, 4) is 11.1 Å². The lowest BCUT2D eigenvalue weighted by Gasteiger charge is -2.25. The highest BCUT2D eigenvalue weighted by molar-refractivity contribution is 6.21. The standard InChI is InChI=1S/C40H25NO2/c1-2-11-28(12-3-1)41(35-18-9-17-34-38-30-13-5-4-10-26(30)22-25-37(38)43-40(34)35)29-23-20-27(21-24-29)31-15-8-16-33-32-14-6-7-19-36(32)42-39(31)33/h1-25H. The van der Waals surface area contributed by atoms with E-state index in [1.165, 1.54) is 10.8 Å². The zero-order chi connectivity index (χ0) is 28.3. The zero-order valence-corrected chi connectivity index (χ0v) is 23.2. The molecule has 0 spiro atoms. The van der Waals surface area contributed by atoms with Gasteiger partial charge in [-0.2, -0.15) is 0 Å². The molecule has 0 fully saturated rings. The lowest BCUT2D eigenvalue weighted by atomic mass is 10.0. The van der Waals surface area contributed by atoms with Crippen molar-refractivity contribution in [2.75, 3.05) is 4.90 Å². The highest BCUT2D eigenvalue weighted by Crippen LogP contribution is 2.44. The molecule has 2 aromatic heterocycles. The van der Waals surface area contributed by atoms with Crippen LogP contribution in [0.1, 0.15) is 0 Å². The van der Waals surface area contributed by atoms with E-state index in [-0.39, 0.29) is 0 Å². The fourth-order valence-corrected chi connectivity index (χ4v) is 6.50. The number of anilines is 3. The van der Waals surface area contributed by atoms with Gasteiger partial charge in [-0.15, -0.1) is 0 Å². The van der Waals surface area contributed by atoms with Gasteiger partial charge in [0.1, 0.15) is 16.7 Å². The Hall–Kier alpha value is -5.80. The molecule has 0 saturated heterocycles. The molecule has 2 heterocycles. The summed E-state index contributed by atoms with van der Waals surface area (Å²) in [5, 5.41) is 6.94. The first-order valence-corrected chi connectivity index (χ1v) is 14.5. The van der Waals surface area contributed by atoms with Crippen molar-refractivity contribution in [2.24, 2.45) is 0 Å². The molecule has 0 amide bonds. The van der Waals surface area contributed by atoms with Crippen LogP contribution >= 0.6 is 0 Å². The predicted octanol–water partition coefficient (Wildman–Crippen LogP) is 11.8. The number of rotatable bonds is 4. The summed E-state index contributed by atoms with van der Waals surface area (Å²) in [6.07, 6.45) is 0. The first-order valence-electron chi connectivity index (χ1n) is 14.5. The third-order valence-electron chi connectivity index (χ3n) is 8.46. The molecule has 0 N–H and O–H groups in total. The SMILES string of the molecule is c1ccc(N(c2ccc(-c3cccc4c3oc3ccccc34)cc2)c2cccc3c2oc2ccc4ccccc4c23)cc1. The first-order chi connectivity index (χ1) is 21.3. The smallest absolute Gasteiger partial charge is 0.159 e. The lowest BCUT2D eigenvalue weighted by Crippen LogP contribution is -2.10. The van der Waals surface area contributed by atoms with Crippen LogP contribution in [-0.4, -0.2) is 0 Å². The summed E-state index contributed by atoms with van der Waals surface area (Å²) < 4.78 is 13.0. The summed E-state index contributed by atoms with van der Waals surface area (Å²) in [5.74, 6) is 0. The van der Waals surface area contributed by atoms with Gasteiger partial charge in [-0.05, 0) is 58.8 Å². The molecule has 0 aliphatic heterocycles. The van der Waals surface area contributed by atoms with Gasteiger partial charge in [-0.25, -0.2) is 0 Å². The fourth-order valence-electron chi connectivity index (χ4n) is 6.50. The van der Waals surface area contributed by atoms with E-state index in [1.807, 2.05) is 18.2 Å². The molecule has 7 aromatic carbocycles. The van der Waals surface area contributed by atoms with Crippen molar-refractivity contribution in [3.63, 3.8) is 0 Å². The Labute approximate surface area is 247 Å². The Morgan fingerprint density at radius 1 is 0.395 bits per heavy atom. The summed E-state index contributed by atoms with van der Waals surface area (Å²) in [7, 11) is 0. The van der Waals surface area contributed by atoms with Gasteiger partial charge < -0.3 is 13.7 Å². The monoisotopic (exact) mass is 551 g/mol. The maximum absolute atomic E-state index is 6.63. The number of nitrogens with zero attached hydrogens (tertiary/aromatic N) is 1. The molecule has 9 rings (SSSR count). The van der Waals surface area contributed by atoms with E-state index in [4.69, 9.17) is 8.83 Å². The van der Waals surface area contributed by atoms with Crippen molar-refractivity contribution < 1.29 is 8.83 Å². The van der Waals surface area contributed by atoms with Crippen LogP contribution in [0.25, 0.3) is 65.8 Å². The van der Waals surface area contributed by atoms with Crippen molar-refractivity contribution in [1.82, 2.24) is 0 Å². The Morgan fingerprint density at radius 3 is 1.95 bits per heavy atom. The summed E-state index contributed by atoms with van der Waals surface area (Å²) in [4.78, 5) is 2.28. The number of para-hydroxylation sites is 4. The third-order valence-corrected chi connectivity index (χ3v) is 8.46. The van der Waals surface area contributed by atoms with Gasteiger partial charge in [0.2, 0.25) is 0 Å². The molecule has 0 unspecified atom stereocenters. The largest absolute Gasteiger partial charge is 0.455 e. The van der Waals surface area contributed by atoms with Crippen molar-refractivity contribution in [3.05, 3.63) is 152 Å². The number of hydrogen-bond donors (Lipinski definition) is 0. The molecular formula is C40H25NO2. The van der Waals surface area contributed by atoms with Crippen molar-refractivity contribution in [1.29, 1.82) is 0 Å². The Kier molecular flexibility index (Phi) is 5.20. The maximum atomic E-state index is 6.63. The van der Waals surface area contributed by atoms with Gasteiger partial charge in [-0.3, -0.25) is 0 Å². The molecular weight excluding hydrogens is 526 g/mol. The minimum Gasteiger partial charge on any atom is -0.455 e. The van der Waals surface area contributed by atoms with Gasteiger partial charge in [0.15, 0.2) is 5.58 Å². The van der Waals surface area contributed by atoms with Crippen LogP contribution in [0.15, 0.2) is 160 Å². The molecule has 202 valence electrons. The van der Waals surface area contributed by atoms with Crippen LogP contribution in [0.3, 0.4) is 0 Å². The second kappa shape index (κ2) is 9.37. The van der Waals surface area contributed by atoms with Gasteiger partial charge >= 0.3 is 0 Å². The summed E-state index contributed by atoms with van der Waals surface area (Å²) >= 11 is 0. The summed E-state index contributed by atoms with van der Waals surface area (Å²) in [5.41, 5.74) is 8.87. The molecule has 3 heteroatoms. The molecule has 0 saturated carbocycles. The lowest BCUT2D eigenvalue weighted by molar-refractivity contribution is 0.669. The average Bonchev–Trinajstić information content (AvgIpc) is 3.65. The highest BCUT2D eigenvalue weighted by Gasteiger charge is 2.20. The summed E-state index contributed by atoms with van der Waals surface area (Å²) in [6.45, 7) is 0. The molecule has 3 nitrogen and oxygen atoms in total. The van der Waals surface area contributed by atoms with E-state index in [0.717, 1.165) is 72.1 Å². The van der Waals surface area contributed by atoms with Crippen LogP contribution < -0.4 is 4.90 Å². The van der Waals surface area contributed by atoms with Crippen molar-refractivity contribution >= 4 is 71.7 Å². The molecule has 0 radical (unpaired) electrons. The van der Waals surface area contributed by atoms with Gasteiger partial charge in [0.05, 0.1) is 5.69 Å². The Morgan fingerprint density at radius 2 is 1.07 bits per heavy atom. The van der Waals surface area contributed by atoms with E-state index in [2.05, 4.69) is 138 Å². The zero-order valence-electron chi connectivity index (χ0n) is 23.2. The molecule has 43 heavy (non-hydrogen) atoms. The number of hydrogen-bond acceptors (Lipinski definition) is 3. The maximum Gasteiger partial charge on any atom is 0.159 e. The molecule has 0 bridgehead atoms. The average molecular weight is 552 g/mol. The normalized spacial score (nSPS) is 11.7. The molecule has 0 aliphatic rings. The summed E-state index contributed by atoms with van der Waals surface area (Å²) in [6, 6.07) is 52.9. The number of fused-ring (bicyclic) bond motifs is 8. The Balaban J connectivity index is 1.22. The minimum absolute atomic E-state index is 0.869. The number of furan rings is 2. The molecule has 0 aliphatic carbocycles. The second-order valence-electron chi connectivity index (χ2n) is 10.9. The van der Waals surface area contributed by atoms with Crippen LogP contribution in [0, 0.1) is 0 Å². The second-order valence-corrected chi connectivity index (χ2v) is 10.9. The molecule has 0 atom stereocenters. The quantitative estimate of drug-likeness (QED) is 0.218. The molecule has 9 aromatic rings. The third kappa shape index (κ3) is 3.68. The van der Waals surface area contributed by atoms with E-state index in [1.54, 1.807) is 0 Å². The van der Waals surface area contributed by atoms with Crippen molar-refractivity contribution in [2.45, 2.75) is 0 Å². The predicted molar refractivity (Wildman–Crippen MR) is 179 cm³/mol. The minimum atomic E-state index is 0.869. The van der Waals surface area contributed by atoms with E-state index in [0.29, 0.717) is 0 Å². The highest BCUT2D eigenvalue weighted by atomic mass is 16.3. The van der Waals surface area contributed by atoms with E-state index < -0.39 is 0 Å². The van der Waals surface area contributed by atoms with Gasteiger partial charge in [0.25, 0.3) is 0 Å². The fraction of sp³-hybridized carbons (Fsp3) is 0. The Bertz CT molecular complexity index is 2450. The van der Waals surface area contributed by atoms with E-state index in [9.17, 15) is 0 Å². The topological polar surface area (TPSA) is 29.5 Å². The number of benzene rings is 7. The van der Waals surface area contributed by atoms with Crippen LogP contribution in [0.2, 0.25) is 0 Å². The van der Waals surface area contributed by atoms with Gasteiger partial charge in [0, 0.05) is 38.5 Å². The van der Waals surface area contributed by atoms with Crippen LogP contribution in [-0.2, 0) is 0 Å². The van der Waals surface area contributed by atoms with Gasteiger partial charge in [-0.1, -0.05) is 109 Å². The van der Waals surface area contributed by atoms with E-state index >= 15 is 0 Å². The van der Waals surface area contributed by atoms with Crippen LogP contribution in [0.4, 0.5) is 17.1 Å². The van der Waals surface area contributed by atoms with Crippen LogP contribution in [0.5, 0.6) is 0 Å². The first kappa shape index (κ1) is 23.9.